The first kappa shape index (κ1) is 24.4. The van der Waals surface area contributed by atoms with Crippen LogP contribution in [0.5, 0.6) is 0 Å². The van der Waals surface area contributed by atoms with E-state index in [4.69, 9.17) is 14.2 Å². The highest BCUT2D eigenvalue weighted by molar-refractivity contribution is 5.77. The molecule has 6 heteroatoms. The third-order valence-electron chi connectivity index (χ3n) is 6.10. The summed E-state index contributed by atoms with van der Waals surface area (Å²) < 4.78 is 16.7. The molecule has 0 aromatic heterocycles. The molecular weight excluding hydrogens is 382 g/mol. The van der Waals surface area contributed by atoms with Gasteiger partial charge in [-0.3, -0.25) is 9.59 Å². The average Bonchev–Trinajstić information content (AvgIpc) is 2.72. The monoisotopic (exact) mass is 420 g/mol. The predicted molar refractivity (Wildman–Crippen MR) is 116 cm³/mol. The molecule has 1 aromatic rings. The predicted octanol–water partition coefficient (Wildman–Crippen LogP) is 3.85. The molecule has 2 rings (SSSR count). The lowest BCUT2D eigenvalue weighted by atomic mass is 9.92. The van der Waals surface area contributed by atoms with E-state index in [9.17, 15) is 9.59 Å². The highest BCUT2D eigenvalue weighted by atomic mass is 16.6. The van der Waals surface area contributed by atoms with Crippen LogP contribution in [0.3, 0.4) is 0 Å². The van der Waals surface area contributed by atoms with Crippen molar-refractivity contribution in [2.45, 2.75) is 65.1 Å². The van der Waals surface area contributed by atoms with E-state index in [0.29, 0.717) is 0 Å². The van der Waals surface area contributed by atoms with E-state index < -0.39 is 17.4 Å². The first-order chi connectivity index (χ1) is 14.2. The number of ether oxygens (including phenoxy) is 3. The average molecular weight is 421 g/mol. The molecule has 1 aromatic carbocycles. The van der Waals surface area contributed by atoms with Gasteiger partial charge in [-0.05, 0) is 38.2 Å². The van der Waals surface area contributed by atoms with Gasteiger partial charge in [-0.2, -0.15) is 0 Å². The molecule has 1 atom stereocenters. The zero-order chi connectivity index (χ0) is 22.2. The summed E-state index contributed by atoms with van der Waals surface area (Å²) in [5, 5.41) is 0. The minimum Gasteiger partial charge on any atom is -0.465 e. The number of carbonyl (C=O) groups is 2. The Hall–Kier alpha value is -1.92. The van der Waals surface area contributed by atoms with Crippen LogP contribution in [-0.2, 0) is 37.0 Å². The molecular formula is C24H38NO5+. The summed E-state index contributed by atoms with van der Waals surface area (Å²) >= 11 is 0. The summed E-state index contributed by atoms with van der Waals surface area (Å²) in [5.41, 5.74) is 1.20. The Morgan fingerprint density at radius 1 is 1.00 bits per heavy atom. The summed E-state index contributed by atoms with van der Waals surface area (Å²) in [7, 11) is 6.15. The second kappa shape index (κ2) is 10.9. The second-order valence-corrected chi connectivity index (χ2v) is 9.40. The zero-order valence-corrected chi connectivity index (χ0v) is 19.2. The van der Waals surface area contributed by atoms with Crippen molar-refractivity contribution >= 4 is 11.9 Å². The number of rotatable bonds is 10. The molecule has 0 spiro atoms. The van der Waals surface area contributed by atoms with E-state index in [-0.39, 0.29) is 19.8 Å². The SMILES string of the molecule is COCC(C)(COC(C)=O)C(=O)OCc1ccc(C[N+](C)(C)C2CCCCC2)cc1. The third kappa shape index (κ3) is 7.10. The second-order valence-electron chi connectivity index (χ2n) is 9.40. The third-order valence-corrected chi connectivity index (χ3v) is 6.10. The Labute approximate surface area is 181 Å². The molecule has 0 bridgehead atoms. The van der Waals surface area contributed by atoms with Crippen molar-refractivity contribution in [3.63, 3.8) is 0 Å². The fourth-order valence-corrected chi connectivity index (χ4v) is 4.18. The molecule has 168 valence electrons. The van der Waals surface area contributed by atoms with Crippen LogP contribution in [0, 0.1) is 5.41 Å². The summed E-state index contributed by atoms with van der Waals surface area (Å²) in [5.74, 6) is -0.875. The van der Waals surface area contributed by atoms with Crippen molar-refractivity contribution < 1.29 is 28.3 Å². The molecule has 0 radical (unpaired) electrons. The smallest absolute Gasteiger partial charge is 0.317 e. The van der Waals surface area contributed by atoms with Gasteiger partial charge in [-0.15, -0.1) is 0 Å². The maximum Gasteiger partial charge on any atom is 0.317 e. The van der Waals surface area contributed by atoms with Gasteiger partial charge in [0.2, 0.25) is 0 Å². The van der Waals surface area contributed by atoms with Crippen LogP contribution in [0.1, 0.15) is 57.1 Å². The standard InChI is InChI=1S/C24H38NO5/c1-19(26)30-18-24(2,17-28-5)23(27)29-16-21-13-11-20(12-14-21)15-25(3,4)22-9-7-6-8-10-22/h11-14,22H,6-10,15-18H2,1-5H3/q+1. The van der Waals surface area contributed by atoms with Gasteiger partial charge in [-0.1, -0.05) is 30.7 Å². The lowest BCUT2D eigenvalue weighted by Crippen LogP contribution is -2.48. The Morgan fingerprint density at radius 3 is 2.17 bits per heavy atom. The molecule has 30 heavy (non-hydrogen) atoms. The number of nitrogens with zero attached hydrogens (tertiary/aromatic N) is 1. The Balaban J connectivity index is 1.91. The van der Waals surface area contributed by atoms with Crippen molar-refractivity contribution in [3.8, 4) is 0 Å². The molecule has 1 fully saturated rings. The van der Waals surface area contributed by atoms with Crippen LogP contribution in [0.15, 0.2) is 24.3 Å². The van der Waals surface area contributed by atoms with Crippen LogP contribution >= 0.6 is 0 Å². The minimum absolute atomic E-state index is 0.0674. The fourth-order valence-electron chi connectivity index (χ4n) is 4.18. The van der Waals surface area contributed by atoms with E-state index in [1.165, 1.54) is 51.7 Å². The van der Waals surface area contributed by atoms with E-state index in [0.717, 1.165) is 22.6 Å². The molecule has 0 aliphatic heterocycles. The van der Waals surface area contributed by atoms with Gasteiger partial charge in [0.15, 0.2) is 0 Å². The largest absolute Gasteiger partial charge is 0.465 e. The number of methoxy groups -OCH3 is 1. The van der Waals surface area contributed by atoms with Crippen molar-refractivity contribution in [3.05, 3.63) is 35.4 Å². The minimum atomic E-state index is -1.03. The zero-order valence-electron chi connectivity index (χ0n) is 19.2. The molecule has 0 N–H and O–H groups in total. The summed E-state index contributed by atoms with van der Waals surface area (Å²) in [6.45, 7) is 4.22. The van der Waals surface area contributed by atoms with Crippen molar-refractivity contribution in [1.29, 1.82) is 0 Å². The van der Waals surface area contributed by atoms with Gasteiger partial charge in [-0.25, -0.2) is 0 Å². The van der Waals surface area contributed by atoms with Gasteiger partial charge >= 0.3 is 11.9 Å². The number of hydrogen-bond acceptors (Lipinski definition) is 5. The number of carbonyl (C=O) groups excluding carboxylic acids is 2. The van der Waals surface area contributed by atoms with Crippen molar-refractivity contribution in [2.24, 2.45) is 5.41 Å². The fraction of sp³-hybridized carbons (Fsp3) is 0.667. The maximum absolute atomic E-state index is 12.6. The van der Waals surface area contributed by atoms with Gasteiger partial charge in [0.1, 0.15) is 25.2 Å². The molecule has 1 saturated carbocycles. The maximum atomic E-state index is 12.6. The van der Waals surface area contributed by atoms with Crippen LogP contribution in [0.4, 0.5) is 0 Å². The van der Waals surface area contributed by atoms with Gasteiger partial charge < -0.3 is 18.7 Å². The van der Waals surface area contributed by atoms with Crippen LogP contribution in [0.25, 0.3) is 0 Å². The Morgan fingerprint density at radius 2 is 1.60 bits per heavy atom. The molecule has 1 aliphatic rings. The quantitative estimate of drug-likeness (QED) is 0.425. The molecule has 1 unspecified atom stereocenters. The van der Waals surface area contributed by atoms with Crippen LogP contribution in [-0.4, -0.2) is 56.9 Å². The van der Waals surface area contributed by atoms with Crippen molar-refractivity contribution in [1.82, 2.24) is 0 Å². The molecule has 0 heterocycles. The highest BCUT2D eigenvalue weighted by Gasteiger charge is 2.37. The first-order valence-corrected chi connectivity index (χ1v) is 10.9. The Kier molecular flexibility index (Phi) is 8.86. The summed E-state index contributed by atoms with van der Waals surface area (Å²) in [6, 6.07) is 9.01. The van der Waals surface area contributed by atoms with Gasteiger partial charge in [0.25, 0.3) is 0 Å². The number of quaternary nitrogens is 1. The van der Waals surface area contributed by atoms with Crippen molar-refractivity contribution in [2.75, 3.05) is 34.4 Å². The lowest BCUT2D eigenvalue weighted by molar-refractivity contribution is -0.929. The molecule has 1 aliphatic carbocycles. The van der Waals surface area contributed by atoms with Crippen LogP contribution in [0.2, 0.25) is 0 Å². The molecule has 0 amide bonds. The van der Waals surface area contributed by atoms with E-state index in [1.807, 2.05) is 12.1 Å². The first-order valence-electron chi connectivity index (χ1n) is 10.9. The number of esters is 2. The Bertz CT molecular complexity index is 694. The lowest BCUT2D eigenvalue weighted by Gasteiger charge is -2.40. The summed E-state index contributed by atoms with van der Waals surface area (Å²) in [6.07, 6.45) is 6.68. The van der Waals surface area contributed by atoms with Gasteiger partial charge in [0, 0.05) is 19.6 Å². The summed E-state index contributed by atoms with van der Waals surface area (Å²) in [4.78, 5) is 23.7. The van der Waals surface area contributed by atoms with Crippen LogP contribution < -0.4 is 0 Å². The normalized spacial score (nSPS) is 17.2. The van der Waals surface area contributed by atoms with Gasteiger partial charge in [0.05, 0.1) is 26.7 Å². The topological polar surface area (TPSA) is 61.8 Å². The van der Waals surface area contributed by atoms with E-state index in [2.05, 4.69) is 26.2 Å². The van der Waals surface area contributed by atoms with E-state index in [1.54, 1.807) is 6.92 Å². The number of benzene rings is 1. The molecule has 0 saturated heterocycles. The number of hydrogen-bond donors (Lipinski definition) is 0. The molecule has 6 nitrogen and oxygen atoms in total. The van der Waals surface area contributed by atoms with E-state index >= 15 is 0 Å². The highest BCUT2D eigenvalue weighted by Crippen LogP contribution is 2.27.